The third-order valence-corrected chi connectivity index (χ3v) is 6.89. The minimum Gasteiger partial charge on any atom is -0.373 e. The van der Waals surface area contributed by atoms with Gasteiger partial charge in [-0.05, 0) is 78.1 Å². The summed E-state index contributed by atoms with van der Waals surface area (Å²) in [5.41, 5.74) is 0.153. The Morgan fingerprint density at radius 3 is 2.49 bits per heavy atom. The molecule has 1 unspecified atom stereocenters. The first kappa shape index (κ1) is 29.5. The number of rotatable bonds is 10. The molecule has 1 aliphatic rings. The van der Waals surface area contributed by atoms with Crippen molar-refractivity contribution in [2.75, 3.05) is 21.1 Å². The molecular formula is C30H34F3N5O. The van der Waals surface area contributed by atoms with E-state index < -0.39 is 23.4 Å². The predicted molar refractivity (Wildman–Crippen MR) is 151 cm³/mol. The lowest BCUT2D eigenvalue weighted by Gasteiger charge is -2.26. The standard InChI is InChI=1S/C30H34F3N5O/c1-6-23-14-20-13-18(2)25(15-21(20)17-38(23)5)30(32,33)28(35)12-9-22(34)8-11-27(36-3)19-7-10-24(26(31)16-19)29(39)37-4/h7,9-10,12-17,23,34-35H,6,8,11H2,1-5H3,(H,37,39)/b12-9-,34-22?,35-28?,36-27?. The minimum absolute atomic E-state index is 0.0245. The molecule has 3 rings (SSSR count). The summed E-state index contributed by atoms with van der Waals surface area (Å²) < 4.78 is 45.0. The molecule has 206 valence electrons. The van der Waals surface area contributed by atoms with Gasteiger partial charge < -0.3 is 15.6 Å². The number of hydrogen-bond acceptors (Lipinski definition) is 5. The van der Waals surface area contributed by atoms with Crippen LogP contribution in [0.25, 0.3) is 12.3 Å². The van der Waals surface area contributed by atoms with Crippen LogP contribution in [-0.4, -0.2) is 55.1 Å². The lowest BCUT2D eigenvalue weighted by molar-refractivity contribution is 0.0753. The number of nitrogens with zero attached hydrogens (tertiary/aromatic N) is 2. The summed E-state index contributed by atoms with van der Waals surface area (Å²) in [5, 5.41) is 20.2. The molecule has 0 saturated heterocycles. The Morgan fingerprint density at radius 2 is 1.87 bits per heavy atom. The summed E-state index contributed by atoms with van der Waals surface area (Å²) in [6.07, 6.45) is 7.36. The van der Waals surface area contributed by atoms with E-state index in [1.807, 2.05) is 18.1 Å². The van der Waals surface area contributed by atoms with Gasteiger partial charge in [-0.1, -0.05) is 25.1 Å². The van der Waals surface area contributed by atoms with Crippen LogP contribution in [0.1, 0.15) is 53.2 Å². The van der Waals surface area contributed by atoms with Gasteiger partial charge in [-0.15, -0.1) is 0 Å². The summed E-state index contributed by atoms with van der Waals surface area (Å²) in [5.74, 6) is -4.77. The molecular weight excluding hydrogens is 503 g/mol. The first-order valence-corrected chi connectivity index (χ1v) is 12.7. The molecule has 9 heteroatoms. The van der Waals surface area contributed by atoms with Crippen molar-refractivity contribution < 1.29 is 18.0 Å². The van der Waals surface area contributed by atoms with Gasteiger partial charge in [0.25, 0.3) is 5.91 Å². The lowest BCUT2D eigenvalue weighted by Crippen LogP contribution is -2.41. The van der Waals surface area contributed by atoms with E-state index in [9.17, 15) is 9.18 Å². The van der Waals surface area contributed by atoms with Gasteiger partial charge in [0, 0.05) is 50.4 Å². The van der Waals surface area contributed by atoms with Crippen LogP contribution in [-0.2, 0) is 5.92 Å². The van der Waals surface area contributed by atoms with Gasteiger partial charge in [0.1, 0.15) is 11.5 Å². The SMILES string of the molecule is CCC1C=c2cc(C)c(C(F)(F)C(=N)/C=C\C(=N)CCC(=NC)c3ccc(C(=O)NC)c(F)c3)cc2=CN1C. The first-order chi connectivity index (χ1) is 18.4. The van der Waals surface area contributed by atoms with Crippen molar-refractivity contribution in [2.24, 2.45) is 4.99 Å². The van der Waals surface area contributed by atoms with Crippen molar-refractivity contribution in [1.29, 1.82) is 10.8 Å². The average Bonchev–Trinajstić information content (AvgIpc) is 2.91. The Kier molecular flexibility index (Phi) is 9.27. The summed E-state index contributed by atoms with van der Waals surface area (Å²) >= 11 is 0. The highest BCUT2D eigenvalue weighted by Crippen LogP contribution is 2.31. The third kappa shape index (κ3) is 6.53. The molecule has 0 spiro atoms. The van der Waals surface area contributed by atoms with Crippen molar-refractivity contribution in [3.05, 3.63) is 81.0 Å². The second kappa shape index (κ2) is 12.2. The molecule has 6 nitrogen and oxygen atoms in total. The van der Waals surface area contributed by atoms with Crippen LogP contribution in [0.15, 0.2) is 47.5 Å². The van der Waals surface area contributed by atoms with Crippen LogP contribution in [0.5, 0.6) is 0 Å². The van der Waals surface area contributed by atoms with Crippen molar-refractivity contribution in [1.82, 2.24) is 10.2 Å². The Labute approximate surface area is 226 Å². The molecule has 39 heavy (non-hydrogen) atoms. The van der Waals surface area contributed by atoms with Crippen LogP contribution in [0.4, 0.5) is 13.2 Å². The maximum atomic E-state index is 15.3. The van der Waals surface area contributed by atoms with E-state index in [1.165, 1.54) is 38.4 Å². The van der Waals surface area contributed by atoms with Gasteiger partial charge in [0.2, 0.25) is 0 Å². The minimum atomic E-state index is -3.54. The Morgan fingerprint density at radius 1 is 1.15 bits per heavy atom. The molecule has 1 amide bonds. The lowest BCUT2D eigenvalue weighted by atomic mass is 9.94. The average molecular weight is 538 g/mol. The van der Waals surface area contributed by atoms with E-state index in [0.29, 0.717) is 22.1 Å². The molecule has 0 aliphatic carbocycles. The van der Waals surface area contributed by atoms with Crippen LogP contribution in [0, 0.1) is 23.6 Å². The van der Waals surface area contributed by atoms with Crippen molar-refractivity contribution >= 4 is 35.3 Å². The van der Waals surface area contributed by atoms with Crippen LogP contribution in [0.2, 0.25) is 0 Å². The molecule has 1 heterocycles. The van der Waals surface area contributed by atoms with E-state index in [4.69, 9.17) is 10.8 Å². The van der Waals surface area contributed by atoms with Crippen molar-refractivity contribution in [3.63, 3.8) is 0 Å². The van der Waals surface area contributed by atoms with E-state index in [2.05, 4.69) is 23.3 Å². The predicted octanol–water partition coefficient (Wildman–Crippen LogP) is 4.32. The number of carbonyl (C=O) groups excluding carboxylic acids is 1. The number of halogens is 3. The van der Waals surface area contributed by atoms with E-state index >= 15 is 8.78 Å². The van der Waals surface area contributed by atoms with E-state index in [0.717, 1.165) is 17.7 Å². The topological polar surface area (TPSA) is 92.4 Å². The number of benzene rings is 2. The highest BCUT2D eigenvalue weighted by Gasteiger charge is 2.37. The summed E-state index contributed by atoms with van der Waals surface area (Å²) in [7, 11) is 4.85. The van der Waals surface area contributed by atoms with E-state index in [1.54, 1.807) is 19.1 Å². The number of alkyl halides is 2. The highest BCUT2D eigenvalue weighted by atomic mass is 19.3. The summed E-state index contributed by atoms with van der Waals surface area (Å²) in [6, 6.07) is 7.52. The van der Waals surface area contributed by atoms with Gasteiger partial charge >= 0.3 is 5.92 Å². The van der Waals surface area contributed by atoms with Gasteiger partial charge in [-0.3, -0.25) is 15.2 Å². The van der Waals surface area contributed by atoms with Gasteiger partial charge in [-0.2, -0.15) is 8.78 Å². The third-order valence-electron chi connectivity index (χ3n) is 6.89. The smallest absolute Gasteiger partial charge is 0.314 e. The molecule has 0 radical (unpaired) electrons. The molecule has 0 fully saturated rings. The van der Waals surface area contributed by atoms with Gasteiger partial charge in [0.15, 0.2) is 0 Å². The molecule has 2 aromatic carbocycles. The number of fused-ring (bicyclic) bond motifs is 1. The quantitative estimate of drug-likeness (QED) is 0.394. The number of aliphatic imine (C=N–C) groups is 1. The largest absolute Gasteiger partial charge is 0.373 e. The molecule has 2 aromatic rings. The Bertz CT molecular complexity index is 1480. The number of amides is 1. The van der Waals surface area contributed by atoms with Crippen molar-refractivity contribution in [2.45, 2.75) is 45.1 Å². The first-order valence-electron chi connectivity index (χ1n) is 12.7. The number of hydrogen-bond donors (Lipinski definition) is 3. The maximum absolute atomic E-state index is 15.3. The van der Waals surface area contributed by atoms with Crippen LogP contribution < -0.4 is 15.8 Å². The monoisotopic (exact) mass is 537 g/mol. The summed E-state index contributed by atoms with van der Waals surface area (Å²) in [6.45, 7) is 3.68. The molecule has 0 saturated carbocycles. The zero-order valence-electron chi connectivity index (χ0n) is 22.8. The number of nitrogens with one attached hydrogen (secondary N) is 3. The molecule has 1 atom stereocenters. The van der Waals surface area contributed by atoms with Gasteiger partial charge in [0.05, 0.1) is 5.56 Å². The van der Waals surface area contributed by atoms with E-state index in [-0.39, 0.29) is 35.7 Å². The summed E-state index contributed by atoms with van der Waals surface area (Å²) in [4.78, 5) is 17.9. The molecule has 0 aromatic heterocycles. The number of aryl methyl sites for hydroxylation is 1. The fourth-order valence-electron chi connectivity index (χ4n) is 4.56. The Balaban J connectivity index is 1.71. The zero-order valence-corrected chi connectivity index (χ0v) is 22.8. The normalized spacial score (nSPS) is 15.4. The van der Waals surface area contributed by atoms with Gasteiger partial charge in [-0.25, -0.2) is 4.39 Å². The number of allylic oxidation sites excluding steroid dienone is 2. The second-order valence-electron chi connectivity index (χ2n) is 9.52. The molecule has 0 bridgehead atoms. The molecule has 3 N–H and O–H groups in total. The maximum Gasteiger partial charge on any atom is 0.314 e. The Hall–Kier alpha value is -4.01. The number of carbonyl (C=O) groups is 1. The van der Waals surface area contributed by atoms with Crippen LogP contribution >= 0.6 is 0 Å². The highest BCUT2D eigenvalue weighted by molar-refractivity contribution is 6.07. The fourth-order valence-corrected chi connectivity index (χ4v) is 4.56. The van der Waals surface area contributed by atoms with Crippen LogP contribution in [0.3, 0.4) is 0 Å². The zero-order chi connectivity index (χ0) is 28.9. The molecule has 1 aliphatic heterocycles. The second-order valence-corrected chi connectivity index (χ2v) is 9.52. The van der Waals surface area contributed by atoms with Crippen molar-refractivity contribution in [3.8, 4) is 0 Å². The fraction of sp³-hybridized carbons (Fsp3) is 0.333.